The van der Waals surface area contributed by atoms with Crippen LogP contribution in [0.4, 0.5) is 0 Å². The van der Waals surface area contributed by atoms with Crippen molar-refractivity contribution in [2.24, 2.45) is 0 Å². The second-order valence-corrected chi connectivity index (χ2v) is 7.04. The van der Waals surface area contributed by atoms with E-state index in [4.69, 9.17) is 28.5 Å². The van der Waals surface area contributed by atoms with Crippen LogP contribution in [0, 0.1) is 11.3 Å². The summed E-state index contributed by atoms with van der Waals surface area (Å²) in [6.45, 7) is 1.60. The van der Waals surface area contributed by atoms with E-state index in [0.29, 0.717) is 4.34 Å². The fourth-order valence-electron chi connectivity index (χ4n) is 1.02. The summed E-state index contributed by atoms with van der Waals surface area (Å²) in [6, 6.07) is 2.70. The molecule has 0 aliphatic rings. The van der Waals surface area contributed by atoms with Crippen LogP contribution >= 0.6 is 34.5 Å². The zero-order valence-electron chi connectivity index (χ0n) is 8.20. The molecule has 1 N–H and O–H groups in total. The highest BCUT2D eigenvalue weighted by Crippen LogP contribution is 2.34. The van der Waals surface area contributed by atoms with Gasteiger partial charge in [0.1, 0.15) is 9.23 Å². The average molecular weight is 299 g/mol. The van der Waals surface area contributed by atoms with Crippen LogP contribution in [0.25, 0.3) is 0 Å². The van der Waals surface area contributed by atoms with E-state index in [-0.39, 0.29) is 15.7 Å². The summed E-state index contributed by atoms with van der Waals surface area (Å²) in [5, 5.41) is 8.43. The molecule has 16 heavy (non-hydrogen) atoms. The number of thiophene rings is 1. The maximum Gasteiger partial charge on any atom is 0.243 e. The first-order valence-electron chi connectivity index (χ1n) is 4.21. The van der Waals surface area contributed by atoms with Crippen molar-refractivity contribution in [1.82, 2.24) is 4.72 Å². The largest absolute Gasteiger partial charge is 0.243 e. The van der Waals surface area contributed by atoms with E-state index in [1.54, 1.807) is 6.92 Å². The first-order valence-corrected chi connectivity index (χ1v) is 7.26. The molecule has 0 bridgehead atoms. The molecule has 0 radical (unpaired) electrons. The van der Waals surface area contributed by atoms with Crippen molar-refractivity contribution in [3.05, 3.63) is 14.7 Å². The fraction of sp³-hybridized carbons (Fsp3) is 0.375. The molecule has 0 aromatic carbocycles. The molecule has 4 nitrogen and oxygen atoms in total. The number of hydrogen-bond donors (Lipinski definition) is 1. The lowest BCUT2D eigenvalue weighted by atomic mass is 10.3. The third-order valence-electron chi connectivity index (χ3n) is 1.67. The maximum atomic E-state index is 11.8. The molecule has 8 heteroatoms. The van der Waals surface area contributed by atoms with E-state index < -0.39 is 16.1 Å². The molecule has 0 spiro atoms. The van der Waals surface area contributed by atoms with Gasteiger partial charge in [-0.2, -0.15) is 5.26 Å². The Kier molecular flexibility index (Phi) is 4.59. The number of nitrogens with zero attached hydrogens (tertiary/aromatic N) is 1. The zero-order chi connectivity index (χ0) is 12.3. The molecule has 0 saturated heterocycles. The minimum absolute atomic E-state index is 0.0473. The van der Waals surface area contributed by atoms with Gasteiger partial charge in [-0.1, -0.05) is 23.2 Å². The van der Waals surface area contributed by atoms with Crippen LogP contribution in [0.3, 0.4) is 0 Å². The van der Waals surface area contributed by atoms with E-state index in [2.05, 4.69) is 4.72 Å². The van der Waals surface area contributed by atoms with Crippen LogP contribution in [0.15, 0.2) is 11.0 Å². The van der Waals surface area contributed by atoms with Crippen LogP contribution in [0.5, 0.6) is 0 Å². The summed E-state index contributed by atoms with van der Waals surface area (Å²) in [6.07, 6.45) is 0.0920. The summed E-state index contributed by atoms with van der Waals surface area (Å²) < 4.78 is 26.3. The van der Waals surface area contributed by atoms with Crippen molar-refractivity contribution >= 4 is 44.6 Å². The Balaban J connectivity index is 2.95. The molecular weight excluding hydrogens is 291 g/mol. The van der Waals surface area contributed by atoms with E-state index in [1.807, 2.05) is 6.07 Å². The summed E-state index contributed by atoms with van der Waals surface area (Å²) in [5.41, 5.74) is 0. The van der Waals surface area contributed by atoms with Crippen molar-refractivity contribution in [3.63, 3.8) is 0 Å². The molecular formula is C8H8Cl2N2O2S2. The normalized spacial score (nSPS) is 13.4. The Morgan fingerprint density at radius 1 is 1.62 bits per heavy atom. The second-order valence-electron chi connectivity index (χ2n) is 3.07. The SMILES string of the molecule is CC(CC#N)NS(=O)(=O)c1cc(Cl)sc1Cl. The van der Waals surface area contributed by atoms with Crippen molar-refractivity contribution in [2.75, 3.05) is 0 Å². The molecule has 1 aromatic heterocycles. The third kappa shape index (κ3) is 3.34. The highest BCUT2D eigenvalue weighted by molar-refractivity contribution is 7.89. The van der Waals surface area contributed by atoms with Gasteiger partial charge in [0.15, 0.2) is 0 Å². The number of rotatable bonds is 4. The molecule has 1 aromatic rings. The van der Waals surface area contributed by atoms with E-state index >= 15 is 0 Å². The first-order chi connectivity index (χ1) is 7.36. The van der Waals surface area contributed by atoms with E-state index in [1.165, 1.54) is 6.07 Å². The monoisotopic (exact) mass is 298 g/mol. The van der Waals surface area contributed by atoms with Crippen LogP contribution in [0.2, 0.25) is 8.67 Å². The molecule has 0 aliphatic heterocycles. The summed E-state index contributed by atoms with van der Waals surface area (Å²) in [5.74, 6) is 0. The first kappa shape index (κ1) is 13.7. The lowest BCUT2D eigenvalue weighted by Crippen LogP contribution is -2.32. The van der Waals surface area contributed by atoms with Crippen molar-refractivity contribution in [2.45, 2.75) is 24.3 Å². The van der Waals surface area contributed by atoms with Gasteiger partial charge < -0.3 is 0 Å². The van der Waals surface area contributed by atoms with Gasteiger partial charge in [-0.05, 0) is 13.0 Å². The Bertz CT molecular complexity index is 519. The van der Waals surface area contributed by atoms with Crippen LogP contribution in [-0.4, -0.2) is 14.5 Å². The summed E-state index contributed by atoms with van der Waals surface area (Å²) in [4.78, 5) is -0.0473. The lowest BCUT2D eigenvalue weighted by Gasteiger charge is -2.09. The summed E-state index contributed by atoms with van der Waals surface area (Å²) >= 11 is 12.4. The van der Waals surface area contributed by atoms with Gasteiger partial charge in [0.25, 0.3) is 0 Å². The molecule has 1 unspecified atom stereocenters. The van der Waals surface area contributed by atoms with Crippen LogP contribution in [0.1, 0.15) is 13.3 Å². The standard InChI is InChI=1S/C8H8Cl2N2O2S2/c1-5(2-3-11)12-16(13,14)6-4-7(9)15-8(6)10/h4-5,12H,2H2,1H3. The minimum atomic E-state index is -3.70. The van der Waals surface area contributed by atoms with Gasteiger partial charge in [0.2, 0.25) is 10.0 Å². The predicted molar refractivity (Wildman–Crippen MR) is 64.4 cm³/mol. The number of halogens is 2. The van der Waals surface area contributed by atoms with Gasteiger partial charge in [-0.15, -0.1) is 11.3 Å². The number of sulfonamides is 1. The van der Waals surface area contributed by atoms with Crippen molar-refractivity contribution in [3.8, 4) is 6.07 Å². The molecule has 0 fully saturated rings. The Hall–Kier alpha value is -0.320. The molecule has 0 saturated carbocycles. The Morgan fingerprint density at radius 3 is 2.69 bits per heavy atom. The molecule has 1 rings (SSSR count). The van der Waals surface area contributed by atoms with Crippen LogP contribution in [-0.2, 0) is 10.0 Å². The quantitative estimate of drug-likeness (QED) is 0.929. The molecule has 0 aliphatic carbocycles. The number of hydrogen-bond acceptors (Lipinski definition) is 4. The second kappa shape index (κ2) is 5.34. The van der Waals surface area contributed by atoms with E-state index in [0.717, 1.165) is 11.3 Å². The van der Waals surface area contributed by atoms with Gasteiger partial charge >= 0.3 is 0 Å². The highest BCUT2D eigenvalue weighted by Gasteiger charge is 2.22. The third-order valence-corrected chi connectivity index (χ3v) is 5.01. The Labute approximate surface area is 108 Å². The molecule has 1 heterocycles. The number of nitriles is 1. The van der Waals surface area contributed by atoms with Gasteiger partial charge in [-0.25, -0.2) is 13.1 Å². The molecule has 1 atom stereocenters. The average Bonchev–Trinajstić information content (AvgIpc) is 2.45. The highest BCUT2D eigenvalue weighted by atomic mass is 35.5. The van der Waals surface area contributed by atoms with Gasteiger partial charge in [0, 0.05) is 6.04 Å². The molecule has 0 amide bonds. The minimum Gasteiger partial charge on any atom is -0.207 e. The smallest absolute Gasteiger partial charge is 0.207 e. The number of nitrogens with one attached hydrogen (secondary N) is 1. The topological polar surface area (TPSA) is 70.0 Å². The van der Waals surface area contributed by atoms with Gasteiger partial charge in [0.05, 0.1) is 16.8 Å². The summed E-state index contributed by atoms with van der Waals surface area (Å²) in [7, 11) is -3.70. The maximum absolute atomic E-state index is 11.8. The molecule has 88 valence electrons. The Morgan fingerprint density at radius 2 is 2.25 bits per heavy atom. The fourth-order valence-corrected chi connectivity index (χ4v) is 4.41. The zero-order valence-corrected chi connectivity index (χ0v) is 11.3. The van der Waals surface area contributed by atoms with Crippen LogP contribution < -0.4 is 4.72 Å². The van der Waals surface area contributed by atoms with E-state index in [9.17, 15) is 8.42 Å². The van der Waals surface area contributed by atoms with Gasteiger partial charge in [-0.3, -0.25) is 0 Å². The lowest BCUT2D eigenvalue weighted by molar-refractivity contribution is 0.563. The van der Waals surface area contributed by atoms with Crippen molar-refractivity contribution in [1.29, 1.82) is 5.26 Å². The van der Waals surface area contributed by atoms with Crippen molar-refractivity contribution < 1.29 is 8.42 Å². The predicted octanol–water partition coefficient (Wildman–Crippen LogP) is 2.64.